The summed E-state index contributed by atoms with van der Waals surface area (Å²) in [5, 5.41) is 9.64. The van der Waals surface area contributed by atoms with Crippen molar-refractivity contribution in [2.24, 2.45) is 5.92 Å². The second kappa shape index (κ2) is 4.75. The van der Waals surface area contributed by atoms with Crippen LogP contribution in [0.3, 0.4) is 0 Å². The maximum atomic E-state index is 11.8. The maximum absolute atomic E-state index is 11.8. The van der Waals surface area contributed by atoms with Crippen LogP contribution in [0.15, 0.2) is 0 Å². The van der Waals surface area contributed by atoms with Crippen LogP contribution < -0.4 is 16.0 Å². The smallest absolute Gasteiger partial charge is 0.223 e. The van der Waals surface area contributed by atoms with Crippen LogP contribution >= 0.6 is 0 Å². The summed E-state index contributed by atoms with van der Waals surface area (Å²) in [7, 11) is 0. The third kappa shape index (κ3) is 2.45. The summed E-state index contributed by atoms with van der Waals surface area (Å²) >= 11 is 0. The zero-order chi connectivity index (χ0) is 9.80. The Morgan fingerprint density at radius 1 is 1.07 bits per heavy atom. The van der Waals surface area contributed by atoms with E-state index in [0.717, 1.165) is 45.4 Å². The standard InChI is InChI=1S/C10H19N3O/c14-10(8-1-4-11-5-2-8)13-9-3-6-12-7-9/h8-9,11-12H,1-7H2,(H,13,14)/t9-/m0/s1. The molecule has 2 heterocycles. The Bertz CT molecular complexity index is 196. The minimum Gasteiger partial charge on any atom is -0.352 e. The summed E-state index contributed by atoms with van der Waals surface area (Å²) in [5.41, 5.74) is 0. The Hall–Kier alpha value is -0.610. The number of carbonyl (C=O) groups is 1. The number of piperidine rings is 1. The van der Waals surface area contributed by atoms with Crippen LogP contribution in [-0.2, 0) is 4.79 Å². The molecule has 3 N–H and O–H groups in total. The van der Waals surface area contributed by atoms with Gasteiger partial charge in [0.25, 0.3) is 0 Å². The third-order valence-electron chi connectivity index (χ3n) is 3.12. The van der Waals surface area contributed by atoms with Gasteiger partial charge in [-0.3, -0.25) is 4.79 Å². The zero-order valence-electron chi connectivity index (χ0n) is 8.51. The molecule has 1 amide bonds. The minimum absolute atomic E-state index is 0.247. The molecule has 0 spiro atoms. The largest absolute Gasteiger partial charge is 0.352 e. The Kier molecular flexibility index (Phi) is 3.37. The number of hydrogen-bond acceptors (Lipinski definition) is 3. The van der Waals surface area contributed by atoms with Crippen LogP contribution in [0.25, 0.3) is 0 Å². The molecule has 80 valence electrons. The molecule has 0 aromatic carbocycles. The van der Waals surface area contributed by atoms with E-state index in [1.807, 2.05) is 0 Å². The Balaban J connectivity index is 1.75. The van der Waals surface area contributed by atoms with Crippen LogP contribution in [0.1, 0.15) is 19.3 Å². The van der Waals surface area contributed by atoms with E-state index in [1.54, 1.807) is 0 Å². The molecular weight excluding hydrogens is 178 g/mol. The Labute approximate surface area is 84.8 Å². The summed E-state index contributed by atoms with van der Waals surface area (Å²) in [5.74, 6) is 0.511. The van der Waals surface area contributed by atoms with Crippen molar-refractivity contribution in [2.45, 2.75) is 25.3 Å². The van der Waals surface area contributed by atoms with Gasteiger partial charge < -0.3 is 16.0 Å². The number of hydrogen-bond donors (Lipinski definition) is 3. The van der Waals surface area contributed by atoms with Crippen LogP contribution in [-0.4, -0.2) is 38.1 Å². The highest BCUT2D eigenvalue weighted by molar-refractivity contribution is 5.79. The highest BCUT2D eigenvalue weighted by Crippen LogP contribution is 2.12. The van der Waals surface area contributed by atoms with Crippen molar-refractivity contribution in [2.75, 3.05) is 26.2 Å². The van der Waals surface area contributed by atoms with Gasteiger partial charge in [-0.1, -0.05) is 0 Å². The lowest BCUT2D eigenvalue weighted by Gasteiger charge is -2.23. The molecule has 0 aliphatic carbocycles. The van der Waals surface area contributed by atoms with Crippen molar-refractivity contribution in [3.63, 3.8) is 0 Å². The monoisotopic (exact) mass is 197 g/mol. The van der Waals surface area contributed by atoms with Crippen molar-refractivity contribution in [3.8, 4) is 0 Å². The van der Waals surface area contributed by atoms with Gasteiger partial charge in [0.1, 0.15) is 0 Å². The molecule has 2 saturated heterocycles. The van der Waals surface area contributed by atoms with Gasteiger partial charge in [0.05, 0.1) is 0 Å². The number of amides is 1. The fraction of sp³-hybridized carbons (Fsp3) is 0.900. The quantitative estimate of drug-likeness (QED) is 0.557. The first-order valence-corrected chi connectivity index (χ1v) is 5.58. The molecule has 0 aromatic heterocycles. The Morgan fingerprint density at radius 2 is 1.79 bits per heavy atom. The Morgan fingerprint density at radius 3 is 2.43 bits per heavy atom. The summed E-state index contributed by atoms with van der Waals surface area (Å²) in [6, 6.07) is 0.373. The molecule has 0 aromatic rings. The van der Waals surface area contributed by atoms with E-state index in [1.165, 1.54) is 0 Å². The van der Waals surface area contributed by atoms with Gasteiger partial charge in [-0.05, 0) is 38.9 Å². The zero-order valence-corrected chi connectivity index (χ0v) is 8.51. The van der Waals surface area contributed by atoms with Gasteiger partial charge in [-0.25, -0.2) is 0 Å². The van der Waals surface area contributed by atoms with Crippen molar-refractivity contribution >= 4 is 5.91 Å². The van der Waals surface area contributed by atoms with E-state index in [-0.39, 0.29) is 11.8 Å². The molecule has 0 saturated carbocycles. The molecular formula is C10H19N3O. The fourth-order valence-electron chi connectivity index (χ4n) is 2.18. The van der Waals surface area contributed by atoms with Crippen molar-refractivity contribution < 1.29 is 4.79 Å². The van der Waals surface area contributed by atoms with Crippen molar-refractivity contribution in [1.29, 1.82) is 0 Å². The lowest BCUT2D eigenvalue weighted by atomic mass is 9.97. The molecule has 4 nitrogen and oxygen atoms in total. The molecule has 0 unspecified atom stereocenters. The van der Waals surface area contributed by atoms with Gasteiger partial charge in [0.2, 0.25) is 5.91 Å². The van der Waals surface area contributed by atoms with Gasteiger partial charge in [0.15, 0.2) is 0 Å². The molecule has 0 radical (unpaired) electrons. The minimum atomic E-state index is 0.247. The lowest BCUT2D eigenvalue weighted by Crippen LogP contribution is -2.43. The van der Waals surface area contributed by atoms with Crippen molar-refractivity contribution in [1.82, 2.24) is 16.0 Å². The molecule has 2 fully saturated rings. The van der Waals surface area contributed by atoms with Gasteiger partial charge in [0, 0.05) is 18.5 Å². The number of carbonyl (C=O) groups excluding carboxylic acids is 1. The second-order valence-electron chi connectivity index (χ2n) is 4.22. The SMILES string of the molecule is O=C(N[C@H]1CCNC1)C1CCNCC1. The first kappa shape index (κ1) is 9.93. The summed E-state index contributed by atoms with van der Waals surface area (Å²) in [6.07, 6.45) is 3.06. The summed E-state index contributed by atoms with van der Waals surface area (Å²) < 4.78 is 0. The lowest BCUT2D eigenvalue weighted by molar-refractivity contribution is -0.126. The summed E-state index contributed by atoms with van der Waals surface area (Å²) in [6.45, 7) is 3.95. The van der Waals surface area contributed by atoms with E-state index in [2.05, 4.69) is 16.0 Å². The first-order chi connectivity index (χ1) is 6.86. The number of nitrogens with one attached hydrogen (secondary N) is 3. The predicted molar refractivity (Wildman–Crippen MR) is 55.0 cm³/mol. The molecule has 0 bridgehead atoms. The molecule has 4 heteroatoms. The average molecular weight is 197 g/mol. The van der Waals surface area contributed by atoms with Gasteiger partial charge in [-0.2, -0.15) is 0 Å². The van der Waals surface area contributed by atoms with Gasteiger partial charge in [-0.15, -0.1) is 0 Å². The highest BCUT2D eigenvalue weighted by atomic mass is 16.1. The van der Waals surface area contributed by atoms with E-state index in [0.29, 0.717) is 6.04 Å². The average Bonchev–Trinajstić information content (AvgIpc) is 2.72. The van der Waals surface area contributed by atoms with Gasteiger partial charge >= 0.3 is 0 Å². The molecule has 2 aliphatic heterocycles. The normalized spacial score (nSPS) is 29.0. The third-order valence-corrected chi connectivity index (χ3v) is 3.12. The van der Waals surface area contributed by atoms with E-state index >= 15 is 0 Å². The summed E-state index contributed by atoms with van der Waals surface area (Å²) in [4.78, 5) is 11.8. The van der Waals surface area contributed by atoms with E-state index in [4.69, 9.17) is 0 Å². The molecule has 2 aliphatic rings. The molecule has 2 rings (SSSR count). The van der Waals surface area contributed by atoms with Crippen LogP contribution in [0, 0.1) is 5.92 Å². The molecule has 14 heavy (non-hydrogen) atoms. The van der Waals surface area contributed by atoms with E-state index in [9.17, 15) is 4.79 Å². The molecule has 1 atom stereocenters. The fourth-order valence-corrected chi connectivity index (χ4v) is 2.18. The number of rotatable bonds is 2. The topological polar surface area (TPSA) is 53.2 Å². The second-order valence-corrected chi connectivity index (χ2v) is 4.22. The maximum Gasteiger partial charge on any atom is 0.223 e. The highest BCUT2D eigenvalue weighted by Gasteiger charge is 2.24. The predicted octanol–water partition coefficient (Wildman–Crippen LogP) is -0.536. The van der Waals surface area contributed by atoms with Crippen LogP contribution in [0.4, 0.5) is 0 Å². The van der Waals surface area contributed by atoms with Crippen LogP contribution in [0.5, 0.6) is 0 Å². The van der Waals surface area contributed by atoms with Crippen LogP contribution in [0.2, 0.25) is 0 Å². The van der Waals surface area contributed by atoms with Crippen molar-refractivity contribution in [3.05, 3.63) is 0 Å². The first-order valence-electron chi connectivity index (χ1n) is 5.58. The van der Waals surface area contributed by atoms with E-state index < -0.39 is 0 Å².